The van der Waals surface area contributed by atoms with E-state index in [4.69, 9.17) is 9.84 Å². The van der Waals surface area contributed by atoms with Gasteiger partial charge in [0.05, 0.1) is 13.0 Å². The molecule has 0 radical (unpaired) electrons. The summed E-state index contributed by atoms with van der Waals surface area (Å²) in [5, 5.41) is 8.42. The molecule has 1 aromatic heterocycles. The number of carbonyl (C=O) groups is 1. The molecule has 0 saturated heterocycles. The second-order valence-corrected chi connectivity index (χ2v) is 2.86. The predicted octanol–water partition coefficient (Wildman–Crippen LogP) is 0.117. The Hall–Kier alpha value is -1.36. The number of aryl methyl sites for hydroxylation is 2. The number of esters is 1. The van der Waals surface area contributed by atoms with E-state index in [0.29, 0.717) is 13.0 Å². The van der Waals surface area contributed by atoms with Crippen molar-refractivity contribution >= 4 is 5.97 Å². The molecule has 0 aromatic carbocycles. The second kappa shape index (κ2) is 5.39. The lowest BCUT2D eigenvalue weighted by atomic mass is 10.4. The predicted molar refractivity (Wildman–Crippen MR) is 49.6 cm³/mol. The molecule has 14 heavy (non-hydrogen) atoms. The molecule has 0 saturated carbocycles. The Bertz CT molecular complexity index is 296. The van der Waals surface area contributed by atoms with Crippen LogP contribution in [-0.2, 0) is 16.1 Å². The minimum atomic E-state index is -0.299. The molecule has 1 rings (SSSR count). The van der Waals surface area contributed by atoms with Crippen molar-refractivity contribution in [1.29, 1.82) is 0 Å². The number of hydrogen-bond donors (Lipinski definition) is 1. The number of aliphatic hydroxyl groups is 1. The highest BCUT2D eigenvalue weighted by molar-refractivity contribution is 5.69. The van der Waals surface area contributed by atoms with E-state index in [2.05, 4.69) is 4.98 Å². The van der Waals surface area contributed by atoms with Gasteiger partial charge in [0, 0.05) is 18.9 Å². The Balaban J connectivity index is 2.27. The van der Waals surface area contributed by atoms with Crippen LogP contribution in [0, 0.1) is 6.92 Å². The van der Waals surface area contributed by atoms with E-state index in [1.807, 2.05) is 17.7 Å². The number of rotatable bonds is 5. The molecule has 0 aliphatic carbocycles. The largest absolute Gasteiger partial charge is 0.463 e. The van der Waals surface area contributed by atoms with Crippen LogP contribution < -0.4 is 0 Å². The third-order valence-electron chi connectivity index (χ3n) is 1.83. The first kappa shape index (κ1) is 10.7. The standard InChI is InChI=1S/C9H14N2O3/c1-8-10-3-5-11(8)4-2-9(13)14-7-6-12/h3,5,12H,2,4,6-7H2,1H3. The molecule has 0 atom stereocenters. The van der Waals surface area contributed by atoms with Crippen LogP contribution in [0.2, 0.25) is 0 Å². The summed E-state index contributed by atoms with van der Waals surface area (Å²) < 4.78 is 6.58. The van der Waals surface area contributed by atoms with Crippen molar-refractivity contribution < 1.29 is 14.6 Å². The SMILES string of the molecule is Cc1nccn1CCC(=O)OCCO. The number of aromatic nitrogens is 2. The van der Waals surface area contributed by atoms with Crippen molar-refractivity contribution in [3.05, 3.63) is 18.2 Å². The Labute approximate surface area is 82.3 Å². The minimum absolute atomic E-state index is 0.0712. The number of hydrogen-bond acceptors (Lipinski definition) is 4. The van der Waals surface area contributed by atoms with Gasteiger partial charge >= 0.3 is 5.97 Å². The maximum absolute atomic E-state index is 11.0. The average molecular weight is 198 g/mol. The molecule has 1 aromatic rings. The molecule has 0 amide bonds. The van der Waals surface area contributed by atoms with Crippen LogP contribution in [0.3, 0.4) is 0 Å². The lowest BCUT2D eigenvalue weighted by molar-refractivity contribution is -0.144. The van der Waals surface area contributed by atoms with Gasteiger partial charge < -0.3 is 14.4 Å². The van der Waals surface area contributed by atoms with Crippen LogP contribution >= 0.6 is 0 Å². The number of imidazole rings is 1. The van der Waals surface area contributed by atoms with Gasteiger partial charge in [0.1, 0.15) is 12.4 Å². The molecule has 0 unspecified atom stereocenters. The van der Waals surface area contributed by atoms with Crippen molar-refractivity contribution in [1.82, 2.24) is 9.55 Å². The monoisotopic (exact) mass is 198 g/mol. The molecule has 0 fully saturated rings. The summed E-state index contributed by atoms with van der Waals surface area (Å²) in [7, 11) is 0. The fourth-order valence-corrected chi connectivity index (χ4v) is 1.08. The van der Waals surface area contributed by atoms with Gasteiger partial charge in [-0.2, -0.15) is 0 Å². The van der Waals surface area contributed by atoms with Gasteiger partial charge in [-0.3, -0.25) is 4.79 Å². The first-order chi connectivity index (χ1) is 6.74. The zero-order valence-electron chi connectivity index (χ0n) is 8.14. The van der Waals surface area contributed by atoms with Crippen LogP contribution in [0.25, 0.3) is 0 Å². The maximum Gasteiger partial charge on any atom is 0.307 e. The summed E-state index contributed by atoms with van der Waals surface area (Å²) in [6.45, 7) is 2.38. The summed E-state index contributed by atoms with van der Waals surface area (Å²) in [4.78, 5) is 15.1. The second-order valence-electron chi connectivity index (χ2n) is 2.86. The molecule has 0 bridgehead atoms. The van der Waals surface area contributed by atoms with E-state index in [1.54, 1.807) is 6.20 Å². The topological polar surface area (TPSA) is 64.4 Å². The van der Waals surface area contributed by atoms with Gasteiger partial charge in [-0.25, -0.2) is 4.98 Å². The highest BCUT2D eigenvalue weighted by atomic mass is 16.5. The summed E-state index contributed by atoms with van der Waals surface area (Å²) >= 11 is 0. The lowest BCUT2D eigenvalue weighted by Crippen LogP contribution is -2.11. The van der Waals surface area contributed by atoms with Crippen molar-refractivity contribution in [2.45, 2.75) is 19.9 Å². The van der Waals surface area contributed by atoms with Crippen LogP contribution in [0.15, 0.2) is 12.4 Å². The highest BCUT2D eigenvalue weighted by Crippen LogP contribution is 1.98. The highest BCUT2D eigenvalue weighted by Gasteiger charge is 2.03. The van der Waals surface area contributed by atoms with E-state index in [-0.39, 0.29) is 19.2 Å². The molecule has 0 spiro atoms. The molecule has 0 aliphatic heterocycles. The molecule has 5 heteroatoms. The molecular formula is C9H14N2O3. The molecule has 78 valence electrons. The van der Waals surface area contributed by atoms with E-state index >= 15 is 0 Å². The molecule has 0 aliphatic rings. The molecular weight excluding hydrogens is 184 g/mol. The van der Waals surface area contributed by atoms with Crippen LogP contribution in [0.5, 0.6) is 0 Å². The van der Waals surface area contributed by atoms with Crippen molar-refractivity contribution in [3.63, 3.8) is 0 Å². The average Bonchev–Trinajstić information content (AvgIpc) is 2.58. The van der Waals surface area contributed by atoms with Gasteiger partial charge in [0.15, 0.2) is 0 Å². The summed E-state index contributed by atoms with van der Waals surface area (Å²) in [5.74, 6) is 0.576. The van der Waals surface area contributed by atoms with Gasteiger partial charge in [0.25, 0.3) is 0 Å². The lowest BCUT2D eigenvalue weighted by Gasteiger charge is -2.04. The van der Waals surface area contributed by atoms with E-state index in [1.165, 1.54) is 0 Å². The number of carbonyl (C=O) groups excluding carboxylic acids is 1. The van der Waals surface area contributed by atoms with Crippen molar-refractivity contribution in [3.8, 4) is 0 Å². The zero-order chi connectivity index (χ0) is 10.4. The third-order valence-corrected chi connectivity index (χ3v) is 1.83. The smallest absolute Gasteiger partial charge is 0.307 e. The molecule has 1 N–H and O–H groups in total. The number of nitrogens with zero attached hydrogens (tertiary/aromatic N) is 2. The summed E-state index contributed by atoms with van der Waals surface area (Å²) in [5.41, 5.74) is 0. The minimum Gasteiger partial charge on any atom is -0.463 e. The third kappa shape index (κ3) is 3.18. The maximum atomic E-state index is 11.0. The number of ether oxygens (including phenoxy) is 1. The van der Waals surface area contributed by atoms with E-state index in [9.17, 15) is 4.79 Å². The Kier molecular flexibility index (Phi) is 4.12. The van der Waals surface area contributed by atoms with Crippen LogP contribution in [-0.4, -0.2) is 33.8 Å². The fourth-order valence-electron chi connectivity index (χ4n) is 1.08. The van der Waals surface area contributed by atoms with Crippen LogP contribution in [0.1, 0.15) is 12.2 Å². The van der Waals surface area contributed by atoms with Gasteiger partial charge in [-0.15, -0.1) is 0 Å². The van der Waals surface area contributed by atoms with Gasteiger partial charge in [-0.05, 0) is 6.92 Å². The molecule has 5 nitrogen and oxygen atoms in total. The Morgan fingerprint density at radius 3 is 3.07 bits per heavy atom. The van der Waals surface area contributed by atoms with Crippen molar-refractivity contribution in [2.75, 3.05) is 13.2 Å². The van der Waals surface area contributed by atoms with Crippen molar-refractivity contribution in [2.24, 2.45) is 0 Å². The zero-order valence-corrected chi connectivity index (χ0v) is 8.14. The van der Waals surface area contributed by atoms with Gasteiger partial charge in [0.2, 0.25) is 0 Å². The van der Waals surface area contributed by atoms with E-state index < -0.39 is 0 Å². The quantitative estimate of drug-likeness (QED) is 0.682. The Morgan fingerprint density at radius 2 is 2.50 bits per heavy atom. The normalized spacial score (nSPS) is 10.1. The van der Waals surface area contributed by atoms with Gasteiger partial charge in [-0.1, -0.05) is 0 Å². The summed E-state index contributed by atoms with van der Waals surface area (Å²) in [6, 6.07) is 0. The van der Waals surface area contributed by atoms with E-state index in [0.717, 1.165) is 5.82 Å². The Morgan fingerprint density at radius 1 is 1.71 bits per heavy atom. The summed E-state index contributed by atoms with van der Waals surface area (Å²) in [6.07, 6.45) is 3.81. The fraction of sp³-hybridized carbons (Fsp3) is 0.556. The first-order valence-corrected chi connectivity index (χ1v) is 4.48. The number of aliphatic hydroxyl groups excluding tert-OH is 1. The van der Waals surface area contributed by atoms with Crippen LogP contribution in [0.4, 0.5) is 0 Å². The molecule has 1 heterocycles. The first-order valence-electron chi connectivity index (χ1n) is 4.48.